The lowest BCUT2D eigenvalue weighted by Gasteiger charge is -2.32. The summed E-state index contributed by atoms with van der Waals surface area (Å²) in [5.74, 6) is -0.224. The number of carbonyl (C=O) groups excluding carboxylic acids is 1. The molecule has 2 aromatic rings. The average molecular weight is 482 g/mol. The Balaban J connectivity index is 2.21. The van der Waals surface area contributed by atoms with E-state index < -0.39 is 17.2 Å². The van der Waals surface area contributed by atoms with Crippen LogP contribution in [0.3, 0.4) is 0 Å². The highest BCUT2D eigenvalue weighted by Crippen LogP contribution is 2.40. The molecule has 0 saturated heterocycles. The van der Waals surface area contributed by atoms with Crippen molar-refractivity contribution in [2.45, 2.75) is 83.5 Å². The Morgan fingerprint density at radius 3 is 2.11 bits per heavy atom. The van der Waals surface area contributed by atoms with Crippen LogP contribution in [0.15, 0.2) is 42.5 Å². The Kier molecular flexibility index (Phi) is 11.8. The third-order valence-corrected chi connectivity index (χ3v) is 6.92. The summed E-state index contributed by atoms with van der Waals surface area (Å²) < 4.78 is 24.3. The Morgan fingerprint density at radius 1 is 0.943 bits per heavy atom. The summed E-state index contributed by atoms with van der Waals surface area (Å²) in [6, 6.07) is 13.5. The molecule has 2 aromatic carbocycles. The molecule has 5 heteroatoms. The molecule has 0 bridgehead atoms. The summed E-state index contributed by atoms with van der Waals surface area (Å²) in [5.41, 5.74) is 0.975. The van der Waals surface area contributed by atoms with Crippen molar-refractivity contribution in [2.24, 2.45) is 5.92 Å². The van der Waals surface area contributed by atoms with E-state index in [1.54, 1.807) is 14.2 Å². The van der Waals surface area contributed by atoms with Gasteiger partial charge in [-0.2, -0.15) is 5.26 Å². The van der Waals surface area contributed by atoms with Gasteiger partial charge < -0.3 is 9.47 Å². The van der Waals surface area contributed by atoms with Crippen LogP contribution in [0.5, 0.6) is 11.5 Å². The van der Waals surface area contributed by atoms with Gasteiger partial charge in [-0.05, 0) is 60.2 Å². The van der Waals surface area contributed by atoms with Gasteiger partial charge in [0.2, 0.25) is 0 Å². The van der Waals surface area contributed by atoms with Gasteiger partial charge in [-0.1, -0.05) is 71.3 Å². The monoisotopic (exact) mass is 481 g/mol. The highest BCUT2D eigenvalue weighted by molar-refractivity contribution is 5.99. The molecule has 0 aliphatic rings. The molecular formula is C30H40FNO3. The second-order valence-corrected chi connectivity index (χ2v) is 9.61. The molecule has 35 heavy (non-hydrogen) atoms. The van der Waals surface area contributed by atoms with Crippen molar-refractivity contribution in [3.63, 3.8) is 0 Å². The van der Waals surface area contributed by atoms with E-state index in [0.29, 0.717) is 23.5 Å². The zero-order valence-electron chi connectivity index (χ0n) is 21.7. The summed E-state index contributed by atoms with van der Waals surface area (Å²) in [6.45, 7) is 4.35. The predicted molar refractivity (Wildman–Crippen MR) is 139 cm³/mol. The lowest BCUT2D eigenvalue weighted by molar-refractivity contribution is 0.0927. The van der Waals surface area contributed by atoms with Gasteiger partial charge in [0.1, 0.15) is 11.7 Å². The lowest BCUT2D eigenvalue weighted by Crippen LogP contribution is -2.29. The van der Waals surface area contributed by atoms with E-state index in [4.69, 9.17) is 9.47 Å². The second-order valence-electron chi connectivity index (χ2n) is 9.61. The molecule has 2 atom stereocenters. The van der Waals surface area contributed by atoms with Crippen LogP contribution in [0.1, 0.15) is 94.0 Å². The normalized spacial score (nSPS) is 13.5. The minimum atomic E-state index is -0.826. The number of unbranched alkanes of at least 4 members (excludes halogenated alkanes) is 7. The molecule has 0 saturated carbocycles. The summed E-state index contributed by atoms with van der Waals surface area (Å²) >= 11 is 0. The number of carbonyl (C=O) groups is 1. The number of Topliss-reactive ketones (excluding diaryl/α,β-unsaturated/α-hetero) is 1. The van der Waals surface area contributed by atoms with Crippen molar-refractivity contribution in [1.82, 2.24) is 0 Å². The fourth-order valence-electron chi connectivity index (χ4n) is 4.69. The Bertz CT molecular complexity index is 967. The molecule has 0 N–H and O–H groups in total. The number of ketones is 1. The van der Waals surface area contributed by atoms with Gasteiger partial charge in [0.25, 0.3) is 0 Å². The fraction of sp³-hybridized carbons (Fsp3) is 0.533. The molecule has 190 valence electrons. The summed E-state index contributed by atoms with van der Waals surface area (Å²) in [5, 5.41) is 9.93. The molecule has 0 aromatic heterocycles. The van der Waals surface area contributed by atoms with Gasteiger partial charge in [-0.25, -0.2) is 4.39 Å². The third kappa shape index (κ3) is 8.38. The van der Waals surface area contributed by atoms with Crippen molar-refractivity contribution in [3.05, 3.63) is 59.4 Å². The minimum absolute atomic E-state index is 0.268. The highest BCUT2D eigenvalue weighted by Gasteiger charge is 2.34. The van der Waals surface area contributed by atoms with Gasteiger partial charge in [-0.3, -0.25) is 4.79 Å². The first-order valence-electron chi connectivity index (χ1n) is 12.8. The maximum Gasteiger partial charge on any atom is 0.180 e. The van der Waals surface area contributed by atoms with Crippen molar-refractivity contribution in [3.8, 4) is 17.6 Å². The topological polar surface area (TPSA) is 59.3 Å². The van der Waals surface area contributed by atoms with Crippen LogP contribution in [0, 0.1) is 23.1 Å². The summed E-state index contributed by atoms with van der Waals surface area (Å²) in [4.78, 5) is 13.1. The smallest absolute Gasteiger partial charge is 0.180 e. The van der Waals surface area contributed by atoms with Gasteiger partial charge in [0, 0.05) is 5.56 Å². The number of hydrogen-bond donors (Lipinski definition) is 0. The molecule has 4 nitrogen and oxygen atoms in total. The van der Waals surface area contributed by atoms with Crippen molar-refractivity contribution < 1.29 is 18.7 Å². The number of nitrogens with zero attached hydrogens (tertiary/aromatic N) is 1. The molecule has 0 fully saturated rings. The van der Waals surface area contributed by atoms with Crippen molar-refractivity contribution in [1.29, 1.82) is 5.26 Å². The molecule has 0 radical (unpaired) electrons. The Labute approximate surface area is 210 Å². The Hall–Kier alpha value is -2.87. The van der Waals surface area contributed by atoms with Gasteiger partial charge in [0.15, 0.2) is 17.3 Å². The number of methoxy groups -OCH3 is 2. The fourth-order valence-corrected chi connectivity index (χ4v) is 4.69. The van der Waals surface area contributed by atoms with E-state index in [9.17, 15) is 14.4 Å². The van der Waals surface area contributed by atoms with E-state index in [1.165, 1.54) is 62.8 Å². The maximum absolute atomic E-state index is 13.3. The van der Waals surface area contributed by atoms with Gasteiger partial charge in [0.05, 0.1) is 20.3 Å². The van der Waals surface area contributed by atoms with E-state index in [0.717, 1.165) is 24.8 Å². The van der Waals surface area contributed by atoms with Crippen molar-refractivity contribution in [2.75, 3.05) is 14.2 Å². The first-order chi connectivity index (χ1) is 16.9. The molecule has 0 spiro atoms. The zero-order valence-corrected chi connectivity index (χ0v) is 21.7. The molecular weight excluding hydrogens is 441 g/mol. The van der Waals surface area contributed by atoms with E-state index in [2.05, 4.69) is 19.9 Å². The predicted octanol–water partition coefficient (Wildman–Crippen LogP) is 8.04. The SMILES string of the molecule is CCCCCCCCCCC(C)(CC(C#N)C(=O)c1ccc(F)cc1)c1ccc(OC)c(OC)c1. The molecule has 2 rings (SSSR count). The third-order valence-electron chi connectivity index (χ3n) is 6.92. The molecule has 0 heterocycles. The van der Waals surface area contributed by atoms with E-state index in [1.807, 2.05) is 18.2 Å². The lowest BCUT2D eigenvalue weighted by atomic mass is 9.71. The standard InChI is InChI=1S/C30H40FNO3/c1-5-6-7-8-9-10-11-12-19-30(2,25-15-18-27(34-3)28(20-25)35-4)21-24(22-32)29(33)23-13-16-26(31)17-14-23/h13-18,20,24H,5-12,19,21H2,1-4H3. The van der Waals surface area contributed by atoms with Gasteiger partial charge in [-0.15, -0.1) is 0 Å². The maximum atomic E-state index is 13.3. The van der Waals surface area contributed by atoms with Crippen LogP contribution in [0.4, 0.5) is 4.39 Å². The first-order valence-corrected chi connectivity index (χ1v) is 12.8. The van der Waals surface area contributed by atoms with Crippen LogP contribution < -0.4 is 9.47 Å². The van der Waals surface area contributed by atoms with Crippen LogP contribution in [0.2, 0.25) is 0 Å². The number of halogens is 1. The van der Waals surface area contributed by atoms with Crippen LogP contribution >= 0.6 is 0 Å². The van der Waals surface area contributed by atoms with E-state index in [-0.39, 0.29) is 5.78 Å². The number of benzene rings is 2. The van der Waals surface area contributed by atoms with Crippen LogP contribution in [-0.2, 0) is 5.41 Å². The summed E-state index contributed by atoms with van der Waals surface area (Å²) in [7, 11) is 3.21. The molecule has 0 aliphatic heterocycles. The Morgan fingerprint density at radius 2 is 1.54 bits per heavy atom. The number of nitriles is 1. The quantitative estimate of drug-likeness (QED) is 0.180. The largest absolute Gasteiger partial charge is 0.493 e. The average Bonchev–Trinajstić information content (AvgIpc) is 2.88. The van der Waals surface area contributed by atoms with E-state index >= 15 is 0 Å². The molecule has 0 amide bonds. The van der Waals surface area contributed by atoms with Crippen LogP contribution in [-0.4, -0.2) is 20.0 Å². The second kappa shape index (κ2) is 14.5. The molecule has 2 unspecified atom stereocenters. The minimum Gasteiger partial charge on any atom is -0.493 e. The van der Waals surface area contributed by atoms with Crippen LogP contribution in [0.25, 0.3) is 0 Å². The number of hydrogen-bond acceptors (Lipinski definition) is 4. The summed E-state index contributed by atoms with van der Waals surface area (Å²) in [6.07, 6.45) is 10.9. The zero-order chi connectivity index (χ0) is 25.7. The highest BCUT2D eigenvalue weighted by atomic mass is 19.1. The van der Waals surface area contributed by atoms with Gasteiger partial charge >= 0.3 is 0 Å². The molecule has 0 aliphatic carbocycles. The number of ether oxygens (including phenoxy) is 2. The number of rotatable bonds is 16. The first kappa shape index (κ1) is 28.4. The van der Waals surface area contributed by atoms with Crippen molar-refractivity contribution >= 4 is 5.78 Å².